The Morgan fingerprint density at radius 2 is 2.36 bits per heavy atom. The lowest BCUT2D eigenvalue weighted by atomic mass is 9.95. The predicted octanol–water partition coefficient (Wildman–Crippen LogP) is -0.148. The largest absolute Gasteiger partial charge is 0.396 e. The summed E-state index contributed by atoms with van der Waals surface area (Å²) in [6.07, 6.45) is 0.455. The maximum atomic E-state index is 11.1. The number of rotatable bonds is 2. The van der Waals surface area contributed by atoms with Gasteiger partial charge in [-0.3, -0.25) is 10.0 Å². The summed E-state index contributed by atoms with van der Waals surface area (Å²) in [6.45, 7) is 2.30. The van der Waals surface area contributed by atoms with Gasteiger partial charge in [-0.15, -0.1) is 0 Å². The van der Waals surface area contributed by atoms with Gasteiger partial charge < -0.3 is 5.11 Å². The van der Waals surface area contributed by atoms with Gasteiger partial charge in [0.2, 0.25) is 5.91 Å². The van der Waals surface area contributed by atoms with Gasteiger partial charge in [-0.25, -0.2) is 5.06 Å². The molecule has 0 aromatic rings. The number of amides is 1. The second kappa shape index (κ2) is 3.19. The Kier molecular flexibility index (Phi) is 2.46. The van der Waals surface area contributed by atoms with E-state index in [-0.39, 0.29) is 24.3 Å². The van der Waals surface area contributed by atoms with Crippen molar-refractivity contribution in [3.63, 3.8) is 0 Å². The van der Waals surface area contributed by atoms with Crippen LogP contribution in [0.25, 0.3) is 0 Å². The third-order valence-corrected chi connectivity index (χ3v) is 2.16. The smallest absolute Gasteiger partial charge is 0.249 e. The molecule has 1 aliphatic rings. The van der Waals surface area contributed by atoms with Crippen LogP contribution in [0.1, 0.15) is 13.3 Å². The number of carbonyl (C=O) groups is 1. The van der Waals surface area contributed by atoms with Crippen LogP contribution < -0.4 is 0 Å². The van der Waals surface area contributed by atoms with Crippen molar-refractivity contribution in [2.24, 2.45) is 11.8 Å². The quantitative estimate of drug-likeness (QED) is 0.551. The van der Waals surface area contributed by atoms with Crippen molar-refractivity contribution in [2.75, 3.05) is 13.2 Å². The van der Waals surface area contributed by atoms with Crippen LogP contribution in [-0.2, 0) is 4.79 Å². The van der Waals surface area contributed by atoms with Gasteiger partial charge in [0, 0.05) is 12.5 Å². The highest BCUT2D eigenvalue weighted by Gasteiger charge is 2.36. The fraction of sp³-hybridized carbons (Fsp3) is 0.857. The Labute approximate surface area is 65.4 Å². The molecule has 4 heteroatoms. The van der Waals surface area contributed by atoms with Crippen LogP contribution in [0.2, 0.25) is 0 Å². The Morgan fingerprint density at radius 3 is 2.73 bits per heavy atom. The van der Waals surface area contributed by atoms with Gasteiger partial charge in [-0.1, -0.05) is 6.92 Å². The van der Waals surface area contributed by atoms with Crippen molar-refractivity contribution in [3.8, 4) is 0 Å². The summed E-state index contributed by atoms with van der Waals surface area (Å²) in [6, 6.07) is 0. The molecule has 1 amide bonds. The molecule has 11 heavy (non-hydrogen) atoms. The van der Waals surface area contributed by atoms with Crippen LogP contribution in [0.15, 0.2) is 0 Å². The van der Waals surface area contributed by atoms with E-state index in [2.05, 4.69) is 0 Å². The number of aliphatic hydroxyl groups excluding tert-OH is 1. The Balaban J connectivity index is 2.56. The normalized spacial score (nSPS) is 31.5. The van der Waals surface area contributed by atoms with E-state index in [1.165, 1.54) is 0 Å². The minimum Gasteiger partial charge on any atom is -0.396 e. The lowest BCUT2D eigenvalue weighted by molar-refractivity contribution is -0.160. The summed E-state index contributed by atoms with van der Waals surface area (Å²) < 4.78 is 0. The van der Waals surface area contributed by atoms with Crippen LogP contribution in [0, 0.1) is 11.8 Å². The van der Waals surface area contributed by atoms with Crippen LogP contribution in [0.3, 0.4) is 0 Å². The summed E-state index contributed by atoms with van der Waals surface area (Å²) in [5.41, 5.74) is 0. The topological polar surface area (TPSA) is 60.8 Å². The van der Waals surface area contributed by atoms with Gasteiger partial charge in [-0.05, 0) is 12.3 Å². The average molecular weight is 159 g/mol. The highest BCUT2D eigenvalue weighted by molar-refractivity contribution is 5.80. The molecule has 4 nitrogen and oxygen atoms in total. The number of carbonyl (C=O) groups excluding carboxylic acids is 1. The van der Waals surface area contributed by atoms with Crippen molar-refractivity contribution in [1.82, 2.24) is 5.06 Å². The van der Waals surface area contributed by atoms with Crippen LogP contribution in [-0.4, -0.2) is 34.4 Å². The van der Waals surface area contributed by atoms with Crippen LogP contribution in [0.4, 0.5) is 0 Å². The van der Waals surface area contributed by atoms with Gasteiger partial charge >= 0.3 is 0 Å². The first-order valence-corrected chi connectivity index (χ1v) is 3.78. The molecule has 1 rings (SSSR count). The van der Waals surface area contributed by atoms with Crippen LogP contribution in [0.5, 0.6) is 0 Å². The Hall–Kier alpha value is -0.610. The van der Waals surface area contributed by atoms with Crippen molar-refractivity contribution >= 4 is 5.91 Å². The van der Waals surface area contributed by atoms with Crippen molar-refractivity contribution in [3.05, 3.63) is 0 Å². The molecule has 2 N–H and O–H groups in total. The first kappa shape index (κ1) is 8.49. The average Bonchev–Trinajstić information content (AvgIpc) is 2.17. The fourth-order valence-electron chi connectivity index (χ4n) is 1.47. The molecular formula is C7H13NO3. The number of nitrogens with zero attached hydrogens (tertiary/aromatic N) is 1. The van der Waals surface area contributed by atoms with E-state index in [0.29, 0.717) is 13.0 Å². The van der Waals surface area contributed by atoms with Gasteiger partial charge in [0.25, 0.3) is 0 Å². The molecule has 0 unspecified atom stereocenters. The molecule has 0 spiro atoms. The summed E-state index contributed by atoms with van der Waals surface area (Å²) in [7, 11) is 0. The number of aliphatic hydroxyl groups is 1. The van der Waals surface area contributed by atoms with Gasteiger partial charge in [-0.2, -0.15) is 0 Å². The third-order valence-electron chi connectivity index (χ3n) is 2.16. The van der Waals surface area contributed by atoms with Gasteiger partial charge in [0.15, 0.2) is 0 Å². The van der Waals surface area contributed by atoms with E-state index in [9.17, 15) is 4.79 Å². The maximum absolute atomic E-state index is 11.1. The molecule has 1 aliphatic heterocycles. The second-order valence-electron chi connectivity index (χ2n) is 3.02. The van der Waals surface area contributed by atoms with E-state index >= 15 is 0 Å². The zero-order valence-electron chi connectivity index (χ0n) is 6.53. The van der Waals surface area contributed by atoms with E-state index in [0.717, 1.165) is 5.06 Å². The number of hydrogen-bond acceptors (Lipinski definition) is 3. The molecule has 0 aromatic carbocycles. The SMILES string of the molecule is C[C@@H]1CN(O)C(=O)[C@@H]1CCO. The first-order valence-electron chi connectivity index (χ1n) is 3.78. The van der Waals surface area contributed by atoms with E-state index in [1.807, 2.05) is 6.92 Å². The standard InChI is InChI=1S/C7H13NO3/c1-5-4-8(11)7(10)6(5)2-3-9/h5-6,9,11H,2-4H2,1H3/t5-,6-/m1/s1. The van der Waals surface area contributed by atoms with Gasteiger partial charge in [0.1, 0.15) is 0 Å². The summed E-state index contributed by atoms with van der Waals surface area (Å²) in [5.74, 6) is -0.295. The molecule has 1 fully saturated rings. The molecule has 0 aromatic heterocycles. The van der Waals surface area contributed by atoms with Crippen molar-refractivity contribution in [2.45, 2.75) is 13.3 Å². The molecule has 64 valence electrons. The Morgan fingerprint density at radius 1 is 1.73 bits per heavy atom. The molecule has 0 radical (unpaired) electrons. The van der Waals surface area contributed by atoms with Crippen molar-refractivity contribution in [1.29, 1.82) is 0 Å². The minimum absolute atomic E-state index is 0.00852. The van der Waals surface area contributed by atoms with Crippen LogP contribution >= 0.6 is 0 Å². The summed E-state index contributed by atoms with van der Waals surface area (Å²) in [5, 5.41) is 18.3. The zero-order chi connectivity index (χ0) is 8.43. The molecule has 1 heterocycles. The first-order chi connectivity index (χ1) is 5.16. The molecule has 0 bridgehead atoms. The third kappa shape index (κ3) is 1.52. The highest BCUT2D eigenvalue weighted by atomic mass is 16.5. The van der Waals surface area contributed by atoms with E-state index in [4.69, 9.17) is 10.3 Å². The summed E-state index contributed by atoms with van der Waals surface area (Å²) in [4.78, 5) is 11.1. The number of hydroxylamine groups is 2. The zero-order valence-corrected chi connectivity index (χ0v) is 6.53. The van der Waals surface area contributed by atoms with E-state index in [1.54, 1.807) is 0 Å². The lowest BCUT2D eigenvalue weighted by Gasteiger charge is -2.08. The maximum Gasteiger partial charge on any atom is 0.249 e. The minimum atomic E-state index is -0.258. The molecule has 0 saturated carbocycles. The van der Waals surface area contributed by atoms with E-state index < -0.39 is 0 Å². The lowest BCUT2D eigenvalue weighted by Crippen LogP contribution is -2.23. The molecule has 0 aliphatic carbocycles. The summed E-state index contributed by atoms with van der Waals surface area (Å²) >= 11 is 0. The number of hydrogen-bond donors (Lipinski definition) is 2. The predicted molar refractivity (Wildman–Crippen MR) is 37.9 cm³/mol. The second-order valence-corrected chi connectivity index (χ2v) is 3.02. The Bertz CT molecular complexity index is 160. The molecular weight excluding hydrogens is 146 g/mol. The molecule has 2 atom stereocenters. The van der Waals surface area contributed by atoms with Gasteiger partial charge in [0.05, 0.1) is 6.54 Å². The molecule has 1 saturated heterocycles. The highest BCUT2D eigenvalue weighted by Crippen LogP contribution is 2.25. The van der Waals surface area contributed by atoms with Crippen molar-refractivity contribution < 1.29 is 15.1 Å². The fourth-order valence-corrected chi connectivity index (χ4v) is 1.47. The monoisotopic (exact) mass is 159 g/mol.